The van der Waals surface area contributed by atoms with Gasteiger partial charge in [-0.3, -0.25) is 0 Å². The second-order valence-corrected chi connectivity index (χ2v) is 14.8. The van der Waals surface area contributed by atoms with Gasteiger partial charge >= 0.3 is 0 Å². The van der Waals surface area contributed by atoms with E-state index in [-0.39, 0.29) is 0 Å². The number of fused-ring (bicyclic) bond motifs is 8. The first-order valence-corrected chi connectivity index (χ1v) is 19.4. The van der Waals surface area contributed by atoms with Crippen LogP contribution in [0.3, 0.4) is 0 Å². The molecule has 9 aromatic carbocycles. The molecule has 12 aromatic rings. The minimum absolute atomic E-state index is 0.566. The van der Waals surface area contributed by atoms with Crippen molar-refractivity contribution in [2.75, 3.05) is 0 Å². The zero-order chi connectivity index (χ0) is 38.2. The Labute approximate surface area is 332 Å². The average molecular weight is 742 g/mol. The Bertz CT molecular complexity index is 3570. The van der Waals surface area contributed by atoms with Gasteiger partial charge in [-0.1, -0.05) is 140 Å². The van der Waals surface area contributed by atoms with Crippen LogP contribution >= 0.6 is 0 Å². The highest BCUT2D eigenvalue weighted by molar-refractivity contribution is 6.13. The van der Waals surface area contributed by atoms with Gasteiger partial charge in [-0.15, -0.1) is 0 Å². The van der Waals surface area contributed by atoms with E-state index in [1.807, 2.05) is 48.5 Å². The first-order valence-electron chi connectivity index (χ1n) is 19.4. The van der Waals surface area contributed by atoms with Crippen LogP contribution in [0.2, 0.25) is 0 Å². The molecule has 3 heterocycles. The lowest BCUT2D eigenvalue weighted by molar-refractivity contribution is 0.668. The Kier molecular flexibility index (Phi) is 7.16. The first-order chi connectivity index (χ1) is 28.7. The number of nitrogens with zero attached hydrogens (tertiary/aromatic N) is 3. The largest absolute Gasteiger partial charge is 0.456 e. The number of aromatic nitrogens is 3. The molecule has 5 heteroatoms. The predicted molar refractivity (Wildman–Crippen MR) is 237 cm³/mol. The van der Waals surface area contributed by atoms with Gasteiger partial charge in [-0.2, -0.15) is 0 Å². The zero-order valence-corrected chi connectivity index (χ0v) is 31.1. The van der Waals surface area contributed by atoms with Crippen LogP contribution in [0.4, 0.5) is 0 Å². The molecule has 0 unspecified atom stereocenters. The highest BCUT2D eigenvalue weighted by Crippen LogP contribution is 2.41. The van der Waals surface area contributed by atoms with Gasteiger partial charge in [-0.05, 0) is 92.3 Å². The highest BCUT2D eigenvalue weighted by atomic mass is 16.3. The maximum absolute atomic E-state index is 6.59. The second kappa shape index (κ2) is 12.8. The molecule has 5 nitrogen and oxygen atoms in total. The number of para-hydroxylation sites is 2. The summed E-state index contributed by atoms with van der Waals surface area (Å²) in [5.41, 5.74) is 10.3. The quantitative estimate of drug-likeness (QED) is 0.176. The monoisotopic (exact) mass is 741 g/mol. The standard InChI is InChI=1S/C53H31N3O2/c1-2-12-36-28-37(25-22-32(36)10-1)51-54-52(38-26-27-48-44(29-38)42-15-5-7-18-46(42)57-48)56-53(55-51)45-30-39(31-49-50(45)43-16-6-8-19-47(43)58-49)33-20-23-35(24-21-33)41-17-9-13-34-11-3-4-14-40(34)41/h1-31H. The predicted octanol–water partition coefficient (Wildman–Crippen LogP) is 14.3. The summed E-state index contributed by atoms with van der Waals surface area (Å²) in [4.78, 5) is 15.7. The van der Waals surface area contributed by atoms with Crippen molar-refractivity contribution < 1.29 is 8.83 Å². The molecular weight excluding hydrogens is 711 g/mol. The van der Waals surface area contributed by atoms with Crippen LogP contribution < -0.4 is 0 Å². The Morgan fingerprint density at radius 1 is 0.276 bits per heavy atom. The van der Waals surface area contributed by atoms with E-state index < -0.39 is 0 Å². The van der Waals surface area contributed by atoms with Crippen LogP contribution in [-0.4, -0.2) is 15.0 Å². The number of hydrogen-bond acceptors (Lipinski definition) is 5. The molecular formula is C53H31N3O2. The summed E-state index contributed by atoms with van der Waals surface area (Å²) in [6.07, 6.45) is 0. The van der Waals surface area contributed by atoms with E-state index in [1.165, 1.54) is 16.3 Å². The molecule has 270 valence electrons. The van der Waals surface area contributed by atoms with E-state index >= 15 is 0 Å². The van der Waals surface area contributed by atoms with E-state index in [4.69, 9.17) is 23.8 Å². The molecule has 0 spiro atoms. The van der Waals surface area contributed by atoms with Crippen molar-refractivity contribution in [2.45, 2.75) is 0 Å². The van der Waals surface area contributed by atoms with Crippen molar-refractivity contribution in [3.63, 3.8) is 0 Å². The summed E-state index contributed by atoms with van der Waals surface area (Å²) >= 11 is 0. The third-order valence-corrected chi connectivity index (χ3v) is 11.3. The van der Waals surface area contributed by atoms with Gasteiger partial charge < -0.3 is 8.83 Å². The van der Waals surface area contributed by atoms with Crippen LogP contribution in [0.5, 0.6) is 0 Å². The summed E-state index contributed by atoms with van der Waals surface area (Å²) in [7, 11) is 0. The number of rotatable bonds is 5. The Morgan fingerprint density at radius 2 is 0.845 bits per heavy atom. The van der Waals surface area contributed by atoms with Crippen LogP contribution in [0, 0.1) is 0 Å². The maximum atomic E-state index is 6.59. The fourth-order valence-electron chi connectivity index (χ4n) is 8.46. The van der Waals surface area contributed by atoms with Gasteiger partial charge in [0.15, 0.2) is 17.5 Å². The molecule has 0 fully saturated rings. The fourth-order valence-corrected chi connectivity index (χ4v) is 8.46. The van der Waals surface area contributed by atoms with Crippen LogP contribution in [0.25, 0.3) is 122 Å². The third kappa shape index (κ3) is 5.29. The molecule has 0 amide bonds. The summed E-state index contributed by atoms with van der Waals surface area (Å²) in [5.74, 6) is 1.73. The minimum Gasteiger partial charge on any atom is -0.456 e. The van der Waals surface area contributed by atoms with Crippen molar-refractivity contribution in [3.8, 4) is 56.4 Å². The highest BCUT2D eigenvalue weighted by Gasteiger charge is 2.21. The van der Waals surface area contributed by atoms with E-state index in [0.717, 1.165) is 88.0 Å². The summed E-state index contributed by atoms with van der Waals surface area (Å²) < 4.78 is 12.8. The molecule has 0 aliphatic carbocycles. The third-order valence-electron chi connectivity index (χ3n) is 11.3. The maximum Gasteiger partial charge on any atom is 0.164 e. The van der Waals surface area contributed by atoms with E-state index in [9.17, 15) is 0 Å². The molecule has 0 radical (unpaired) electrons. The Balaban J connectivity index is 1.08. The van der Waals surface area contributed by atoms with E-state index in [2.05, 4.69) is 140 Å². The summed E-state index contributed by atoms with van der Waals surface area (Å²) in [6.45, 7) is 0. The first kappa shape index (κ1) is 32.4. The van der Waals surface area contributed by atoms with Crippen molar-refractivity contribution in [3.05, 3.63) is 188 Å². The van der Waals surface area contributed by atoms with Gasteiger partial charge in [0.25, 0.3) is 0 Å². The normalized spacial score (nSPS) is 11.8. The van der Waals surface area contributed by atoms with Gasteiger partial charge in [0.2, 0.25) is 0 Å². The van der Waals surface area contributed by atoms with Crippen LogP contribution in [0.1, 0.15) is 0 Å². The number of benzene rings is 9. The Morgan fingerprint density at radius 3 is 1.67 bits per heavy atom. The van der Waals surface area contributed by atoms with Gasteiger partial charge in [0, 0.05) is 38.2 Å². The van der Waals surface area contributed by atoms with Crippen LogP contribution in [0.15, 0.2) is 197 Å². The molecule has 0 atom stereocenters. The molecule has 0 saturated heterocycles. The number of furan rings is 2. The summed E-state index contributed by atoms with van der Waals surface area (Å²) in [5, 5.41) is 8.76. The second-order valence-electron chi connectivity index (χ2n) is 14.8. The molecule has 0 saturated carbocycles. The van der Waals surface area contributed by atoms with Crippen LogP contribution in [-0.2, 0) is 0 Å². The average Bonchev–Trinajstić information content (AvgIpc) is 3.86. The molecule has 0 aliphatic rings. The fraction of sp³-hybridized carbons (Fsp3) is 0. The van der Waals surface area contributed by atoms with Gasteiger partial charge in [-0.25, -0.2) is 15.0 Å². The summed E-state index contributed by atoms with van der Waals surface area (Å²) in [6, 6.07) is 65.3. The zero-order valence-electron chi connectivity index (χ0n) is 31.1. The number of hydrogen-bond donors (Lipinski definition) is 0. The van der Waals surface area contributed by atoms with Crippen molar-refractivity contribution in [1.82, 2.24) is 15.0 Å². The molecule has 0 bridgehead atoms. The van der Waals surface area contributed by atoms with E-state index in [0.29, 0.717) is 17.5 Å². The van der Waals surface area contributed by atoms with Crippen molar-refractivity contribution >= 4 is 65.4 Å². The Hall–Kier alpha value is -7.89. The molecule has 12 rings (SSSR count). The molecule has 0 N–H and O–H groups in total. The van der Waals surface area contributed by atoms with Gasteiger partial charge in [0.05, 0.1) is 0 Å². The smallest absolute Gasteiger partial charge is 0.164 e. The molecule has 58 heavy (non-hydrogen) atoms. The SMILES string of the molecule is c1ccc2cc(-c3nc(-c4ccc5oc6ccccc6c5c4)nc(-c4cc(-c5ccc(-c6cccc7ccccc67)cc5)cc5oc6ccccc6c45)n3)ccc2c1. The lowest BCUT2D eigenvalue weighted by Gasteiger charge is -2.12. The van der Waals surface area contributed by atoms with Crippen molar-refractivity contribution in [1.29, 1.82) is 0 Å². The van der Waals surface area contributed by atoms with Gasteiger partial charge in [0.1, 0.15) is 22.3 Å². The topological polar surface area (TPSA) is 65.0 Å². The molecule has 3 aromatic heterocycles. The minimum atomic E-state index is 0.566. The lowest BCUT2D eigenvalue weighted by atomic mass is 9.94. The molecule has 0 aliphatic heterocycles. The lowest BCUT2D eigenvalue weighted by Crippen LogP contribution is -2.01. The van der Waals surface area contributed by atoms with Crippen molar-refractivity contribution in [2.24, 2.45) is 0 Å². The van der Waals surface area contributed by atoms with E-state index in [1.54, 1.807) is 0 Å².